The summed E-state index contributed by atoms with van der Waals surface area (Å²) in [6, 6.07) is 0. The molecule has 0 saturated carbocycles. The fourth-order valence-electron chi connectivity index (χ4n) is 3.48. The molecule has 0 aromatic heterocycles. The highest BCUT2D eigenvalue weighted by molar-refractivity contribution is 14.0. The van der Waals surface area contributed by atoms with Crippen molar-refractivity contribution in [3.8, 4) is 0 Å². The summed E-state index contributed by atoms with van der Waals surface area (Å²) in [4.78, 5) is 21.4. The molecule has 2 saturated heterocycles. The fraction of sp³-hybridized carbons (Fsp3) is 0.889. The van der Waals surface area contributed by atoms with E-state index in [9.17, 15) is 4.79 Å². The highest BCUT2D eigenvalue weighted by Crippen LogP contribution is 2.17. The molecule has 1 N–H and O–H groups in total. The van der Waals surface area contributed by atoms with Gasteiger partial charge in [0, 0.05) is 39.1 Å². The lowest BCUT2D eigenvalue weighted by molar-refractivity contribution is -0.132. The summed E-state index contributed by atoms with van der Waals surface area (Å²) in [6.07, 6.45) is 5.39. The van der Waals surface area contributed by atoms with Gasteiger partial charge in [0.05, 0.1) is 6.54 Å². The molecule has 2 heterocycles. The van der Waals surface area contributed by atoms with Crippen LogP contribution in [-0.2, 0) is 4.79 Å². The minimum absolute atomic E-state index is 0. The number of nitrogens with zero attached hydrogens (tertiary/aromatic N) is 3. The summed E-state index contributed by atoms with van der Waals surface area (Å²) < 4.78 is 0. The number of carbonyl (C=O) groups excluding carboxylic acids is 1. The van der Waals surface area contributed by atoms with Gasteiger partial charge >= 0.3 is 0 Å². The van der Waals surface area contributed by atoms with Gasteiger partial charge in [0.15, 0.2) is 5.96 Å². The van der Waals surface area contributed by atoms with E-state index >= 15 is 0 Å². The molecule has 0 spiro atoms. The number of halogens is 1. The molecule has 2 rings (SSSR count). The van der Waals surface area contributed by atoms with E-state index in [0.29, 0.717) is 18.9 Å². The zero-order chi connectivity index (χ0) is 16.7. The maximum Gasteiger partial charge on any atom is 0.224 e. The number of hydrogen-bond donors (Lipinski definition) is 1. The van der Waals surface area contributed by atoms with Crippen molar-refractivity contribution < 1.29 is 4.79 Å². The van der Waals surface area contributed by atoms with Gasteiger partial charge in [0.1, 0.15) is 0 Å². The first-order valence-corrected chi connectivity index (χ1v) is 9.41. The Morgan fingerprint density at radius 3 is 2.42 bits per heavy atom. The number of likely N-dealkylation sites (tertiary alicyclic amines) is 2. The van der Waals surface area contributed by atoms with E-state index in [1.54, 1.807) is 0 Å². The molecule has 0 radical (unpaired) electrons. The van der Waals surface area contributed by atoms with Crippen molar-refractivity contribution in [2.75, 3.05) is 39.3 Å². The average Bonchev–Trinajstić information content (AvgIpc) is 2.55. The van der Waals surface area contributed by atoms with Crippen LogP contribution in [0.2, 0.25) is 0 Å². The molecular weight excluding hydrogens is 415 g/mol. The van der Waals surface area contributed by atoms with E-state index in [2.05, 4.69) is 31.0 Å². The zero-order valence-corrected chi connectivity index (χ0v) is 17.9. The van der Waals surface area contributed by atoms with E-state index in [-0.39, 0.29) is 29.9 Å². The number of rotatable bonds is 4. The Balaban J connectivity index is 0.00000288. The summed E-state index contributed by atoms with van der Waals surface area (Å²) in [5, 5.41) is 3.38. The summed E-state index contributed by atoms with van der Waals surface area (Å²) in [5.41, 5.74) is 0. The number of amides is 1. The number of carbonyl (C=O) groups is 1. The van der Waals surface area contributed by atoms with Gasteiger partial charge in [-0.05, 0) is 44.4 Å². The Bertz CT molecular complexity index is 408. The van der Waals surface area contributed by atoms with Crippen molar-refractivity contribution in [1.29, 1.82) is 0 Å². The minimum Gasteiger partial charge on any atom is -0.357 e. The maximum absolute atomic E-state index is 12.3. The molecule has 0 bridgehead atoms. The van der Waals surface area contributed by atoms with Gasteiger partial charge in [0.2, 0.25) is 5.91 Å². The Labute approximate surface area is 164 Å². The van der Waals surface area contributed by atoms with Gasteiger partial charge in [-0.3, -0.25) is 9.79 Å². The molecule has 0 aromatic carbocycles. The summed E-state index contributed by atoms with van der Waals surface area (Å²) >= 11 is 0. The van der Waals surface area contributed by atoms with Gasteiger partial charge in [-0.25, -0.2) is 0 Å². The van der Waals surface area contributed by atoms with Crippen LogP contribution < -0.4 is 5.32 Å². The molecule has 140 valence electrons. The first-order chi connectivity index (χ1) is 11.1. The largest absolute Gasteiger partial charge is 0.357 e. The second kappa shape index (κ2) is 11.2. The van der Waals surface area contributed by atoms with E-state index in [1.165, 1.54) is 19.3 Å². The molecule has 6 heteroatoms. The van der Waals surface area contributed by atoms with Crippen LogP contribution in [0.5, 0.6) is 0 Å². The molecule has 24 heavy (non-hydrogen) atoms. The molecule has 2 aliphatic rings. The first kappa shape index (κ1) is 21.5. The molecule has 1 amide bonds. The van der Waals surface area contributed by atoms with Crippen LogP contribution in [0.15, 0.2) is 4.99 Å². The van der Waals surface area contributed by atoms with Gasteiger partial charge in [-0.2, -0.15) is 0 Å². The highest BCUT2D eigenvalue weighted by Gasteiger charge is 2.21. The molecule has 0 aromatic rings. The van der Waals surface area contributed by atoms with Gasteiger partial charge in [-0.15, -0.1) is 24.0 Å². The Kier molecular flexibility index (Phi) is 10.0. The van der Waals surface area contributed by atoms with Crippen molar-refractivity contribution in [1.82, 2.24) is 15.1 Å². The van der Waals surface area contributed by atoms with Crippen molar-refractivity contribution in [2.24, 2.45) is 16.8 Å². The van der Waals surface area contributed by atoms with Crippen molar-refractivity contribution in [2.45, 2.75) is 52.9 Å². The van der Waals surface area contributed by atoms with E-state index in [0.717, 1.165) is 51.0 Å². The molecule has 2 aliphatic heterocycles. The smallest absolute Gasteiger partial charge is 0.224 e. The van der Waals surface area contributed by atoms with Gasteiger partial charge in [-0.1, -0.05) is 13.8 Å². The summed E-state index contributed by atoms with van der Waals surface area (Å²) in [5.74, 6) is 2.71. The Hall–Kier alpha value is -0.530. The normalized spacial score (nSPS) is 23.0. The van der Waals surface area contributed by atoms with Crippen molar-refractivity contribution in [3.05, 3.63) is 0 Å². The van der Waals surface area contributed by atoms with Crippen LogP contribution in [0.25, 0.3) is 0 Å². The highest BCUT2D eigenvalue weighted by atomic mass is 127. The minimum atomic E-state index is 0. The molecule has 2 fully saturated rings. The lowest BCUT2D eigenvalue weighted by atomic mass is 9.99. The molecule has 1 unspecified atom stereocenters. The number of hydrogen-bond acceptors (Lipinski definition) is 2. The quantitative estimate of drug-likeness (QED) is 0.407. The lowest BCUT2D eigenvalue weighted by Crippen LogP contribution is -2.45. The second-order valence-electron chi connectivity index (χ2n) is 7.24. The van der Waals surface area contributed by atoms with Gasteiger partial charge < -0.3 is 15.1 Å². The zero-order valence-electron chi connectivity index (χ0n) is 15.6. The monoisotopic (exact) mass is 450 g/mol. The topological polar surface area (TPSA) is 47.9 Å². The van der Waals surface area contributed by atoms with Crippen LogP contribution >= 0.6 is 24.0 Å². The molecule has 0 aliphatic carbocycles. The number of nitrogens with one attached hydrogen (secondary N) is 1. The lowest BCUT2D eigenvalue weighted by Gasteiger charge is -2.33. The van der Waals surface area contributed by atoms with Crippen LogP contribution in [0.1, 0.15) is 52.9 Å². The van der Waals surface area contributed by atoms with Crippen LogP contribution in [0.4, 0.5) is 0 Å². The van der Waals surface area contributed by atoms with Crippen LogP contribution in [0, 0.1) is 11.8 Å². The maximum atomic E-state index is 12.3. The van der Waals surface area contributed by atoms with E-state index < -0.39 is 0 Å². The van der Waals surface area contributed by atoms with Crippen molar-refractivity contribution in [3.63, 3.8) is 0 Å². The fourth-order valence-corrected chi connectivity index (χ4v) is 3.48. The summed E-state index contributed by atoms with van der Waals surface area (Å²) in [6.45, 7) is 12.1. The third-order valence-corrected chi connectivity index (χ3v) is 5.02. The molecule has 5 nitrogen and oxygen atoms in total. The predicted octanol–water partition coefficient (Wildman–Crippen LogP) is 2.95. The second-order valence-corrected chi connectivity index (χ2v) is 7.24. The predicted molar refractivity (Wildman–Crippen MR) is 111 cm³/mol. The molecular formula is C18H35IN4O. The SMILES string of the molecule is CCNC(=NCCC(=O)N1CCCC(C)C1)N1CCC(C)CC1.I. The first-order valence-electron chi connectivity index (χ1n) is 9.41. The third-order valence-electron chi connectivity index (χ3n) is 5.02. The summed E-state index contributed by atoms with van der Waals surface area (Å²) in [7, 11) is 0. The number of piperidine rings is 2. The molecule has 1 atom stereocenters. The van der Waals surface area contributed by atoms with E-state index in [1.807, 2.05) is 4.90 Å². The average molecular weight is 450 g/mol. The van der Waals surface area contributed by atoms with Crippen molar-refractivity contribution >= 4 is 35.8 Å². The Morgan fingerprint density at radius 1 is 1.08 bits per heavy atom. The number of guanidine groups is 1. The standard InChI is InChI=1S/C18H34N4O.HI/c1-4-19-18(21-12-8-15(2)9-13-21)20-10-7-17(23)22-11-5-6-16(3)14-22;/h15-16H,4-14H2,1-3H3,(H,19,20);1H. The van der Waals surface area contributed by atoms with Crippen LogP contribution in [-0.4, -0.2) is 60.9 Å². The van der Waals surface area contributed by atoms with Gasteiger partial charge in [0.25, 0.3) is 0 Å². The van der Waals surface area contributed by atoms with E-state index in [4.69, 9.17) is 4.99 Å². The number of aliphatic imine (C=N–C) groups is 1. The van der Waals surface area contributed by atoms with Crippen LogP contribution in [0.3, 0.4) is 0 Å². The third kappa shape index (κ3) is 6.76. The Morgan fingerprint density at radius 2 is 1.79 bits per heavy atom.